The first-order valence-electron chi connectivity index (χ1n) is 47.3. The molecule has 6 atom stereocenters. The first kappa shape index (κ1) is 91.4. The van der Waals surface area contributed by atoms with Gasteiger partial charge in [-0.1, -0.05) is 227 Å². The molecule has 6 aromatic carbocycles. The Morgan fingerprint density at radius 1 is 0.400 bits per heavy atom. The van der Waals surface area contributed by atoms with E-state index >= 15 is 0 Å². The Morgan fingerprint density at radius 2 is 0.730 bits per heavy atom. The maximum atomic E-state index is 8.80. The molecule has 0 aliphatic rings. The van der Waals surface area contributed by atoms with Gasteiger partial charge in [-0.15, -0.1) is 23.2 Å². The Bertz CT molecular complexity index is 3850. The van der Waals surface area contributed by atoms with Crippen molar-refractivity contribution in [1.29, 1.82) is 0 Å². The van der Waals surface area contributed by atoms with E-state index in [1.807, 2.05) is 43.3 Å². The molecule has 0 aliphatic carbocycles. The maximum absolute atomic E-state index is 8.80. The number of alkyl halides is 3. The number of phenols is 1. The van der Waals surface area contributed by atoms with Crippen molar-refractivity contribution >= 4 is 105 Å². The highest BCUT2D eigenvalue weighted by Gasteiger charge is 2.17. The molecular weight excluding hydrogens is 1820 g/mol. The summed E-state index contributed by atoms with van der Waals surface area (Å²) >= 11 is 27.6. The van der Waals surface area contributed by atoms with Gasteiger partial charge in [0, 0.05) is 55.8 Å². The number of ether oxygens (including phenoxy) is 11. The highest BCUT2D eigenvalue weighted by molar-refractivity contribution is 9.93. The van der Waals surface area contributed by atoms with Crippen LogP contribution in [0.3, 0.4) is 0 Å². The minimum absolute atomic E-state index is 0.00390. The van der Waals surface area contributed by atoms with Crippen LogP contribution in [0.2, 0.25) is 0 Å². The van der Waals surface area contributed by atoms with Gasteiger partial charge in [-0.25, -0.2) is 0 Å². The maximum Gasteiger partial charge on any atom is 0.134 e. The standard InChI is InChI=1S/C19H30O2.C17H26Cl2O2.C15H22Br2O2.2C15H24O2.C8H17Br.C7H8O2.Br2/c1-6-9-11-16(8-3)14-21-19-12-15(4)18(20-5)13-17(19)10-7-2;1-4-6-7-13(5-2)12-21-17-9-14(10-18)16(20-3)8-15(17)11-19;1-4-6-7-11(5-2)10-19-15-9-12(16)14(18-3)8-13(15)17;2*1-4-6-7-13(5-2)12-17-15-10-8-14(16-3)9-11-15;1-3-5-6-8(4-2)7-9;1-9-7-4-2-6(8)3-5-7;1-2/h7,10,12-13,16H,6,8-9,11,14H2,1-5H3;8-9,13H,4-7,10-12H2,1-3H3;8-9,11H,4-7,10H2,1-3H3;2*8-11,13H,4-7,12H2,1-3H3;8H,3-7H2,1-2H3;2-5,8H,1H3;/b10-7+;;;;;;;/i7D,10D,12D,13D;8D,9D,10D2,11D2;;8D,11D;;;;. The van der Waals surface area contributed by atoms with E-state index in [2.05, 4.69) is 152 Å². The number of aromatic hydroxyl groups is 1. The van der Waals surface area contributed by atoms with Crippen LogP contribution in [-0.2, 0) is 11.7 Å². The fourth-order valence-electron chi connectivity index (χ4n) is 10.9. The van der Waals surface area contributed by atoms with Crippen LogP contribution in [0.25, 0.3) is 6.05 Å². The number of hydrogen-bond acceptors (Lipinski definition) is 12. The van der Waals surface area contributed by atoms with Gasteiger partial charge in [0.2, 0.25) is 0 Å². The molecule has 0 fully saturated rings. The zero-order valence-corrected chi connectivity index (χ0v) is 82.6. The minimum atomic E-state index is -2.50. The van der Waals surface area contributed by atoms with E-state index in [-0.39, 0.29) is 94.2 Å². The van der Waals surface area contributed by atoms with E-state index in [4.69, 9.17) is 96.9 Å². The third kappa shape index (κ3) is 52.4. The monoisotopic (exact) mass is 1970 g/mol. The minimum Gasteiger partial charge on any atom is -0.508 e. The average Bonchev–Trinajstić information content (AvgIpc) is 0.749. The quantitative estimate of drug-likeness (QED) is 0.0366. The summed E-state index contributed by atoms with van der Waals surface area (Å²) in [5, 5.41) is 9.98. The fraction of sp³-hybridized carbons (Fsp3) is 0.604. The predicted molar refractivity (Wildman–Crippen MR) is 513 cm³/mol. The highest BCUT2D eigenvalue weighted by Crippen LogP contribution is 2.38. The van der Waals surface area contributed by atoms with Crippen LogP contribution in [0.15, 0.2) is 124 Å². The van der Waals surface area contributed by atoms with Gasteiger partial charge >= 0.3 is 0 Å². The van der Waals surface area contributed by atoms with Gasteiger partial charge in [0.05, 0.1) is 107 Å². The second-order valence-electron chi connectivity index (χ2n) is 27.5. The van der Waals surface area contributed by atoms with Gasteiger partial charge in [0.15, 0.2) is 0 Å². The molecule has 0 saturated carbocycles. The number of rotatable bonds is 49. The summed E-state index contributed by atoms with van der Waals surface area (Å²) in [6.07, 6.45) is 28.1. The smallest absolute Gasteiger partial charge is 0.134 e. The average molecular weight is 1980 g/mol. The van der Waals surface area contributed by atoms with Crippen LogP contribution in [0.4, 0.5) is 0 Å². The first-order chi connectivity index (χ1) is 60.4. The molecule has 6 aromatic rings. The summed E-state index contributed by atoms with van der Waals surface area (Å²) in [6.45, 7) is 32.2. The molecule has 0 aromatic heterocycles. The Kier molecular flexibility index (Phi) is 60.3. The van der Waals surface area contributed by atoms with Gasteiger partial charge in [-0.3, -0.25) is 0 Å². The van der Waals surface area contributed by atoms with Gasteiger partial charge in [0.1, 0.15) is 69.0 Å². The van der Waals surface area contributed by atoms with Crippen molar-refractivity contribution in [2.75, 3.05) is 81.0 Å². The lowest BCUT2D eigenvalue weighted by molar-refractivity contribution is 0.231. The molecule has 0 saturated heterocycles. The molecule has 6 rings (SSSR count). The van der Waals surface area contributed by atoms with E-state index in [1.54, 1.807) is 58.6 Å². The molecule has 0 bridgehead atoms. The van der Waals surface area contributed by atoms with Crippen molar-refractivity contribution in [3.05, 3.63) is 146 Å². The van der Waals surface area contributed by atoms with Crippen molar-refractivity contribution in [2.45, 2.75) is 263 Å². The molecule has 19 heteroatoms. The molecule has 0 heterocycles. The van der Waals surface area contributed by atoms with Gasteiger partial charge in [-0.2, -0.15) is 0 Å². The molecule has 656 valence electrons. The molecular formula is C96H151Br5Cl2O12. The van der Waals surface area contributed by atoms with Gasteiger partial charge < -0.3 is 57.2 Å². The molecule has 0 spiro atoms. The van der Waals surface area contributed by atoms with Crippen molar-refractivity contribution in [3.63, 3.8) is 0 Å². The number of methoxy groups -OCH3 is 6. The molecule has 0 radical (unpaired) electrons. The molecule has 12 nitrogen and oxygen atoms in total. The number of allylic oxidation sites excluding steroid dienone is 1. The van der Waals surface area contributed by atoms with Crippen LogP contribution >= 0.6 is 99.2 Å². The second kappa shape index (κ2) is 75.8. The number of hydrogen-bond donors (Lipinski definition) is 1. The molecule has 6 unspecified atom stereocenters. The van der Waals surface area contributed by atoms with Crippen molar-refractivity contribution in [2.24, 2.45) is 35.5 Å². The van der Waals surface area contributed by atoms with Crippen LogP contribution in [-0.4, -0.2) is 86.1 Å². The normalized spacial score (nSPS) is 13.9. The van der Waals surface area contributed by atoms with Crippen molar-refractivity contribution < 1.29 is 73.7 Å². The Balaban J connectivity index is 0. The molecule has 1 N–H and O–H groups in total. The fourth-order valence-corrected chi connectivity index (χ4v) is 12.9. The van der Waals surface area contributed by atoms with E-state index in [1.165, 1.54) is 123 Å². The van der Waals surface area contributed by atoms with Crippen molar-refractivity contribution in [3.8, 4) is 69.0 Å². The lowest BCUT2D eigenvalue weighted by Crippen LogP contribution is -2.12. The molecule has 0 amide bonds. The number of phenolic OH excluding ortho intramolecular Hbond substituents is 1. The van der Waals surface area contributed by atoms with E-state index in [0.717, 1.165) is 127 Å². The molecule has 0 aliphatic heterocycles. The highest BCUT2D eigenvalue weighted by atomic mass is 80.9. The summed E-state index contributed by atoms with van der Waals surface area (Å²) in [4.78, 5) is 0. The van der Waals surface area contributed by atoms with Crippen LogP contribution in [0.1, 0.15) is 283 Å². The Hall–Kier alpha value is -4.36. The lowest BCUT2D eigenvalue weighted by atomic mass is 10.0. The largest absolute Gasteiger partial charge is 0.508 e. The SMILES string of the molecule is BrBr.CCCCC(CC)CBr.CCCCC(CC)COc1cc(Br)c(OC)cc1Br.CCCCC(CC)COc1ccc(OC)cc1.COc1ccc(O)cc1.[2H]/C(C)=C(/[2H])c1c([2H])c(OC)c(C)c([2H])c1OCC(CC)CCCC.[2H]c1c(OCC(CC)CCCC)c(C([2H])([2H])Cl)c([2H])c(OC)c1C([2H])([2H])Cl.[2H]c1cc(OCC(CC)CCCC)c([2H])cc1OC. The van der Waals surface area contributed by atoms with Gasteiger partial charge in [-0.05, 0) is 234 Å². The summed E-state index contributed by atoms with van der Waals surface area (Å²) in [7, 11) is 9.07. The number of benzene rings is 6. The zero-order chi connectivity index (χ0) is 97.0. The topological polar surface area (TPSA) is 122 Å². The summed E-state index contributed by atoms with van der Waals surface area (Å²) < 4.78 is 158. The molecule has 115 heavy (non-hydrogen) atoms. The van der Waals surface area contributed by atoms with Crippen LogP contribution in [0, 0.1) is 42.4 Å². The van der Waals surface area contributed by atoms with E-state index in [9.17, 15) is 0 Å². The predicted octanol–water partition coefficient (Wildman–Crippen LogP) is 32.5. The second-order valence-corrected chi connectivity index (χ2v) is 30.3. The van der Waals surface area contributed by atoms with Crippen LogP contribution in [0.5, 0.6) is 69.0 Å². The third-order valence-corrected chi connectivity index (χ3v) is 21.5. The summed E-state index contributed by atoms with van der Waals surface area (Å²) in [6, 6.07) is 21.0. The summed E-state index contributed by atoms with van der Waals surface area (Å²) in [5.41, 5.74) is -0.0486. The first-order valence-corrected chi connectivity index (χ1v) is 48.5. The Morgan fingerprint density at radius 3 is 1.11 bits per heavy atom. The Labute approximate surface area is 767 Å². The van der Waals surface area contributed by atoms with E-state index in [0.29, 0.717) is 53.9 Å². The van der Waals surface area contributed by atoms with Gasteiger partial charge in [0.25, 0.3) is 0 Å². The van der Waals surface area contributed by atoms with Crippen molar-refractivity contribution in [1.82, 2.24) is 0 Å². The van der Waals surface area contributed by atoms with E-state index < -0.39 is 23.7 Å². The zero-order valence-electron chi connectivity index (χ0n) is 85.2. The summed E-state index contributed by atoms with van der Waals surface area (Å²) in [5.74, 6) is 3.57. The number of halogens is 7. The third-order valence-electron chi connectivity index (χ3n) is 19.0. The lowest BCUT2D eigenvalue weighted by Gasteiger charge is -2.18. The van der Waals surface area contributed by atoms with Crippen LogP contribution < -0.4 is 52.1 Å². The number of unbranched alkanes of at least 4 members (excludes halogenated alkanes) is 6.